The van der Waals surface area contributed by atoms with E-state index in [9.17, 15) is 4.39 Å². The summed E-state index contributed by atoms with van der Waals surface area (Å²) in [6, 6.07) is 6.31. The summed E-state index contributed by atoms with van der Waals surface area (Å²) in [5, 5.41) is 16.8. The lowest BCUT2D eigenvalue weighted by atomic mass is 10.1. The molecule has 98 valence electrons. The van der Waals surface area contributed by atoms with Crippen molar-refractivity contribution in [2.45, 2.75) is 20.3 Å². The first-order valence-corrected chi connectivity index (χ1v) is 6.20. The Bertz CT molecular complexity index is 643. The Morgan fingerprint density at radius 1 is 1.47 bits per heavy atom. The van der Waals surface area contributed by atoms with Crippen molar-refractivity contribution in [3.8, 4) is 11.8 Å². The first kappa shape index (κ1) is 13.5. The summed E-state index contributed by atoms with van der Waals surface area (Å²) < 4.78 is 14.7. The standard InChI is InChI=1S/C13H12ClFN4/c1-8(2)5-13-12(7-16)17-18-19(13)9-3-4-11(15)10(14)6-9/h3-4,6,8H,5H2,1-2H3. The SMILES string of the molecule is CC(C)Cc1c(C#N)nnn1-c1ccc(F)c(Cl)c1. The first-order chi connectivity index (χ1) is 9.02. The molecule has 2 aromatic rings. The van der Waals surface area contributed by atoms with Crippen LogP contribution in [-0.2, 0) is 6.42 Å². The number of halogens is 2. The van der Waals surface area contributed by atoms with E-state index in [2.05, 4.69) is 10.3 Å². The molecule has 0 saturated heterocycles. The molecule has 1 aromatic carbocycles. The Labute approximate surface area is 115 Å². The van der Waals surface area contributed by atoms with Gasteiger partial charge >= 0.3 is 0 Å². The third-order valence-corrected chi connectivity index (χ3v) is 2.91. The second-order valence-corrected chi connectivity index (χ2v) is 5.01. The molecule has 0 unspecified atom stereocenters. The number of nitrogens with zero attached hydrogens (tertiary/aromatic N) is 4. The van der Waals surface area contributed by atoms with E-state index < -0.39 is 5.82 Å². The van der Waals surface area contributed by atoms with Crippen LogP contribution in [0.2, 0.25) is 5.02 Å². The Morgan fingerprint density at radius 2 is 2.21 bits per heavy atom. The maximum atomic E-state index is 13.2. The molecule has 19 heavy (non-hydrogen) atoms. The van der Waals surface area contributed by atoms with Crippen LogP contribution in [0.3, 0.4) is 0 Å². The molecule has 0 spiro atoms. The molecule has 0 amide bonds. The number of nitriles is 1. The maximum Gasteiger partial charge on any atom is 0.186 e. The van der Waals surface area contributed by atoms with Gasteiger partial charge in [-0.3, -0.25) is 0 Å². The van der Waals surface area contributed by atoms with Gasteiger partial charge in [-0.2, -0.15) is 5.26 Å². The Morgan fingerprint density at radius 3 is 2.79 bits per heavy atom. The summed E-state index contributed by atoms with van der Waals surface area (Å²) in [4.78, 5) is 0. The number of benzene rings is 1. The molecule has 0 saturated carbocycles. The molecule has 0 bridgehead atoms. The zero-order chi connectivity index (χ0) is 14.0. The van der Waals surface area contributed by atoms with Gasteiger partial charge < -0.3 is 0 Å². The minimum Gasteiger partial charge on any atom is -0.216 e. The Kier molecular flexibility index (Phi) is 3.82. The van der Waals surface area contributed by atoms with Crippen LogP contribution in [0.15, 0.2) is 18.2 Å². The van der Waals surface area contributed by atoms with E-state index in [1.807, 2.05) is 19.9 Å². The number of aromatic nitrogens is 3. The normalized spacial score (nSPS) is 10.7. The molecule has 1 heterocycles. The van der Waals surface area contributed by atoms with Crippen LogP contribution in [0.1, 0.15) is 25.2 Å². The molecule has 0 atom stereocenters. The molecular formula is C13H12ClFN4. The van der Waals surface area contributed by atoms with Crippen molar-refractivity contribution >= 4 is 11.6 Å². The average molecular weight is 279 g/mol. The zero-order valence-corrected chi connectivity index (χ0v) is 11.3. The Hall–Kier alpha value is -1.93. The maximum absolute atomic E-state index is 13.2. The zero-order valence-electron chi connectivity index (χ0n) is 10.6. The van der Waals surface area contributed by atoms with Gasteiger partial charge in [0, 0.05) is 0 Å². The van der Waals surface area contributed by atoms with Crippen LogP contribution in [0.4, 0.5) is 4.39 Å². The topological polar surface area (TPSA) is 54.5 Å². The van der Waals surface area contributed by atoms with Crippen LogP contribution in [0, 0.1) is 23.1 Å². The van der Waals surface area contributed by atoms with Gasteiger partial charge in [-0.25, -0.2) is 9.07 Å². The molecule has 0 radical (unpaired) electrons. The third kappa shape index (κ3) is 2.74. The van der Waals surface area contributed by atoms with Crippen molar-refractivity contribution in [1.29, 1.82) is 5.26 Å². The summed E-state index contributed by atoms with van der Waals surface area (Å²) in [5.41, 5.74) is 1.59. The summed E-state index contributed by atoms with van der Waals surface area (Å²) >= 11 is 5.76. The lowest BCUT2D eigenvalue weighted by Gasteiger charge is -2.09. The minimum absolute atomic E-state index is 0.0157. The predicted molar refractivity (Wildman–Crippen MR) is 69.6 cm³/mol. The molecule has 0 aliphatic heterocycles. The molecule has 0 fully saturated rings. The number of rotatable bonds is 3. The van der Waals surface area contributed by atoms with Crippen molar-refractivity contribution in [2.24, 2.45) is 5.92 Å². The Balaban J connectivity index is 2.52. The monoisotopic (exact) mass is 278 g/mol. The van der Waals surface area contributed by atoms with Crippen molar-refractivity contribution in [1.82, 2.24) is 15.0 Å². The molecule has 4 nitrogen and oxygen atoms in total. The van der Waals surface area contributed by atoms with E-state index >= 15 is 0 Å². The summed E-state index contributed by atoms with van der Waals surface area (Å²) in [7, 11) is 0. The van der Waals surface area contributed by atoms with Crippen LogP contribution < -0.4 is 0 Å². The van der Waals surface area contributed by atoms with Crippen molar-refractivity contribution in [2.75, 3.05) is 0 Å². The van der Waals surface area contributed by atoms with E-state index in [1.165, 1.54) is 16.8 Å². The van der Waals surface area contributed by atoms with Gasteiger partial charge in [0.15, 0.2) is 5.69 Å². The fourth-order valence-electron chi connectivity index (χ4n) is 1.78. The van der Waals surface area contributed by atoms with Crippen LogP contribution in [0.25, 0.3) is 5.69 Å². The van der Waals surface area contributed by atoms with E-state index in [1.54, 1.807) is 6.07 Å². The molecule has 1 aromatic heterocycles. The quantitative estimate of drug-likeness (QED) is 0.867. The highest BCUT2D eigenvalue weighted by molar-refractivity contribution is 6.30. The molecule has 2 rings (SSSR count). The summed E-state index contributed by atoms with van der Waals surface area (Å²) in [5.74, 6) is -0.142. The lowest BCUT2D eigenvalue weighted by Crippen LogP contribution is -2.06. The summed E-state index contributed by atoms with van der Waals surface area (Å²) in [6.45, 7) is 4.08. The van der Waals surface area contributed by atoms with E-state index in [-0.39, 0.29) is 10.7 Å². The molecule has 0 aliphatic carbocycles. The fraction of sp³-hybridized carbons (Fsp3) is 0.308. The van der Waals surface area contributed by atoms with Crippen molar-refractivity contribution < 1.29 is 4.39 Å². The smallest absolute Gasteiger partial charge is 0.186 e. The molecular weight excluding hydrogens is 267 g/mol. The van der Waals surface area contributed by atoms with Crippen molar-refractivity contribution in [3.05, 3.63) is 40.4 Å². The third-order valence-electron chi connectivity index (χ3n) is 2.62. The fourth-order valence-corrected chi connectivity index (χ4v) is 1.96. The predicted octanol–water partition coefficient (Wildman–Crippen LogP) is 3.13. The van der Waals surface area contributed by atoms with Crippen LogP contribution in [-0.4, -0.2) is 15.0 Å². The van der Waals surface area contributed by atoms with Gasteiger partial charge in [0.2, 0.25) is 0 Å². The highest BCUT2D eigenvalue weighted by Gasteiger charge is 2.16. The van der Waals surface area contributed by atoms with Gasteiger partial charge in [0.25, 0.3) is 0 Å². The van der Waals surface area contributed by atoms with E-state index in [0.29, 0.717) is 23.7 Å². The number of hydrogen-bond donors (Lipinski definition) is 0. The molecule has 0 N–H and O–H groups in total. The van der Waals surface area contributed by atoms with E-state index in [4.69, 9.17) is 16.9 Å². The van der Waals surface area contributed by atoms with Gasteiger partial charge in [-0.1, -0.05) is 30.7 Å². The minimum atomic E-state index is -0.489. The van der Waals surface area contributed by atoms with E-state index in [0.717, 1.165) is 0 Å². The van der Waals surface area contributed by atoms with Gasteiger partial charge in [0.05, 0.1) is 16.4 Å². The molecule has 6 heteroatoms. The largest absolute Gasteiger partial charge is 0.216 e. The molecule has 0 aliphatic rings. The second-order valence-electron chi connectivity index (χ2n) is 4.60. The second kappa shape index (κ2) is 5.37. The lowest BCUT2D eigenvalue weighted by molar-refractivity contribution is 0.610. The van der Waals surface area contributed by atoms with Crippen LogP contribution in [0.5, 0.6) is 0 Å². The number of hydrogen-bond acceptors (Lipinski definition) is 3. The average Bonchev–Trinajstić information content (AvgIpc) is 2.75. The summed E-state index contributed by atoms with van der Waals surface area (Å²) in [6.07, 6.45) is 0.658. The van der Waals surface area contributed by atoms with Gasteiger partial charge in [-0.05, 0) is 30.5 Å². The van der Waals surface area contributed by atoms with Gasteiger partial charge in [-0.15, -0.1) is 5.10 Å². The van der Waals surface area contributed by atoms with Gasteiger partial charge in [0.1, 0.15) is 11.9 Å². The highest BCUT2D eigenvalue weighted by Crippen LogP contribution is 2.21. The van der Waals surface area contributed by atoms with Crippen molar-refractivity contribution in [3.63, 3.8) is 0 Å². The van der Waals surface area contributed by atoms with Crippen LogP contribution >= 0.6 is 11.6 Å². The first-order valence-electron chi connectivity index (χ1n) is 5.83. The highest BCUT2D eigenvalue weighted by atomic mass is 35.5.